The summed E-state index contributed by atoms with van der Waals surface area (Å²) in [6.07, 6.45) is 6.31. The van der Waals surface area contributed by atoms with E-state index in [-0.39, 0.29) is 17.6 Å². The minimum atomic E-state index is -0.660. The van der Waals surface area contributed by atoms with Gasteiger partial charge >= 0.3 is 6.03 Å². The monoisotopic (exact) mass is 340 g/mol. The van der Waals surface area contributed by atoms with E-state index in [1.807, 2.05) is 23.1 Å². The van der Waals surface area contributed by atoms with E-state index in [2.05, 4.69) is 24.4 Å². The van der Waals surface area contributed by atoms with E-state index in [0.29, 0.717) is 24.3 Å². The zero-order chi connectivity index (χ0) is 17.2. The molecule has 5 aliphatic rings. The highest BCUT2D eigenvalue weighted by Crippen LogP contribution is 2.57. The number of amides is 2. The minimum absolute atomic E-state index is 0.00237. The number of nitrogens with zero attached hydrogens (tertiary/aromatic N) is 1. The smallest absolute Gasteiger partial charge is 0.318 e. The second kappa shape index (κ2) is 5.23. The van der Waals surface area contributed by atoms with Gasteiger partial charge in [-0.25, -0.2) is 4.79 Å². The van der Waals surface area contributed by atoms with Gasteiger partial charge in [-0.2, -0.15) is 0 Å². The van der Waals surface area contributed by atoms with Crippen LogP contribution < -0.4 is 5.32 Å². The number of rotatable bonds is 3. The fourth-order valence-electron chi connectivity index (χ4n) is 6.74. The predicted octanol–water partition coefficient (Wildman–Crippen LogP) is 3.26. The van der Waals surface area contributed by atoms with Gasteiger partial charge in [0.1, 0.15) is 0 Å². The highest BCUT2D eigenvalue weighted by molar-refractivity contribution is 5.79. The van der Waals surface area contributed by atoms with E-state index < -0.39 is 5.60 Å². The molecule has 4 aliphatic carbocycles. The van der Waals surface area contributed by atoms with Crippen LogP contribution >= 0.6 is 0 Å². The van der Waals surface area contributed by atoms with Crippen molar-refractivity contribution in [1.29, 1.82) is 0 Å². The molecule has 1 aromatic carbocycles. The summed E-state index contributed by atoms with van der Waals surface area (Å²) in [5, 5.41) is 14.7. The van der Waals surface area contributed by atoms with Crippen molar-refractivity contribution >= 4 is 6.03 Å². The molecule has 2 amide bonds. The van der Waals surface area contributed by atoms with Crippen molar-refractivity contribution in [3.8, 4) is 0 Å². The van der Waals surface area contributed by atoms with E-state index in [9.17, 15) is 9.90 Å². The number of carbonyl (C=O) groups is 1. The summed E-state index contributed by atoms with van der Waals surface area (Å²) in [7, 11) is 0. The zero-order valence-electron chi connectivity index (χ0n) is 14.9. The quantitative estimate of drug-likeness (QED) is 0.887. The summed E-state index contributed by atoms with van der Waals surface area (Å²) in [6, 6.07) is 10.3. The Bertz CT molecular complexity index is 676. The zero-order valence-corrected chi connectivity index (χ0v) is 14.9. The molecule has 4 heteroatoms. The molecule has 0 aromatic heterocycles. The molecule has 1 aliphatic heterocycles. The molecule has 4 nitrogen and oxygen atoms in total. The fourth-order valence-corrected chi connectivity index (χ4v) is 6.74. The standard InChI is InChI=1S/C21H28N2O2/c1-2-20(17-6-4-3-5-7-17)13-23(19(24)22-20)18-16-9-14-8-15(10-16)12-21(18,25)11-14/h3-7,14-16,18,25H,2,8-13H2,1H3,(H,22,24)/t14?,15?,16?,18-,20+,21?/m0/s1. The molecule has 1 heterocycles. The second-order valence-corrected chi connectivity index (χ2v) is 9.02. The average molecular weight is 340 g/mol. The van der Waals surface area contributed by atoms with Crippen molar-refractivity contribution in [2.24, 2.45) is 17.8 Å². The maximum Gasteiger partial charge on any atom is 0.318 e. The van der Waals surface area contributed by atoms with Crippen molar-refractivity contribution < 1.29 is 9.90 Å². The largest absolute Gasteiger partial charge is 0.388 e. The number of nitrogens with one attached hydrogen (secondary N) is 1. The summed E-state index contributed by atoms with van der Waals surface area (Å²) < 4.78 is 0. The molecule has 5 fully saturated rings. The van der Waals surface area contributed by atoms with Crippen LogP contribution in [-0.4, -0.2) is 34.2 Å². The molecule has 4 bridgehead atoms. The summed E-state index contributed by atoms with van der Waals surface area (Å²) in [5.74, 6) is 1.83. The van der Waals surface area contributed by atoms with E-state index >= 15 is 0 Å². The lowest BCUT2D eigenvalue weighted by atomic mass is 9.51. The summed E-state index contributed by atoms with van der Waals surface area (Å²) in [4.78, 5) is 15.0. The van der Waals surface area contributed by atoms with Gasteiger partial charge in [0.25, 0.3) is 0 Å². The van der Waals surface area contributed by atoms with Crippen LogP contribution in [0.25, 0.3) is 0 Å². The third-order valence-electron chi connectivity index (χ3n) is 7.53. The van der Waals surface area contributed by atoms with Gasteiger partial charge in [-0.1, -0.05) is 37.3 Å². The maximum atomic E-state index is 13.0. The highest BCUT2D eigenvalue weighted by Gasteiger charge is 2.61. The topological polar surface area (TPSA) is 52.6 Å². The summed E-state index contributed by atoms with van der Waals surface area (Å²) in [6.45, 7) is 2.81. The number of aliphatic hydroxyl groups is 1. The molecular weight excluding hydrogens is 312 g/mol. The molecule has 0 spiro atoms. The lowest BCUT2D eigenvalue weighted by Gasteiger charge is -2.60. The van der Waals surface area contributed by atoms with Crippen molar-refractivity contribution in [3.05, 3.63) is 35.9 Å². The molecule has 25 heavy (non-hydrogen) atoms. The summed E-state index contributed by atoms with van der Waals surface area (Å²) in [5.41, 5.74) is 0.180. The third kappa shape index (κ3) is 2.19. The Morgan fingerprint density at radius 3 is 2.44 bits per heavy atom. The first-order valence-electron chi connectivity index (χ1n) is 9.90. The Kier molecular flexibility index (Phi) is 3.28. The van der Waals surface area contributed by atoms with Gasteiger partial charge in [0.05, 0.1) is 23.7 Å². The van der Waals surface area contributed by atoms with E-state index in [4.69, 9.17) is 0 Å². The minimum Gasteiger partial charge on any atom is -0.388 e. The van der Waals surface area contributed by atoms with E-state index in [1.54, 1.807) is 0 Å². The SMILES string of the molecule is CC[C@]1(c2ccccc2)CN([C@H]2C3CC4CC(C3)CC2(O)C4)C(=O)N1. The van der Waals surface area contributed by atoms with Crippen LogP contribution in [0.5, 0.6) is 0 Å². The fraction of sp³-hybridized carbons (Fsp3) is 0.667. The van der Waals surface area contributed by atoms with Gasteiger partial charge < -0.3 is 15.3 Å². The molecule has 1 saturated heterocycles. The van der Waals surface area contributed by atoms with Crippen LogP contribution in [0.3, 0.4) is 0 Å². The maximum absolute atomic E-state index is 13.0. The Hall–Kier alpha value is -1.55. The highest BCUT2D eigenvalue weighted by atomic mass is 16.3. The molecule has 2 unspecified atom stereocenters. The molecule has 2 N–H and O–H groups in total. The van der Waals surface area contributed by atoms with E-state index in [0.717, 1.165) is 19.3 Å². The van der Waals surface area contributed by atoms with Gasteiger partial charge in [0.2, 0.25) is 0 Å². The first-order valence-corrected chi connectivity index (χ1v) is 9.90. The molecule has 0 radical (unpaired) electrons. The van der Waals surface area contributed by atoms with Crippen molar-refractivity contribution in [2.45, 2.75) is 62.6 Å². The molecule has 6 rings (SSSR count). The number of hydrogen-bond donors (Lipinski definition) is 2. The lowest BCUT2D eigenvalue weighted by Crippen LogP contribution is -2.66. The van der Waals surface area contributed by atoms with Crippen molar-refractivity contribution in [1.82, 2.24) is 10.2 Å². The third-order valence-corrected chi connectivity index (χ3v) is 7.53. The van der Waals surface area contributed by atoms with Gasteiger partial charge in [-0.15, -0.1) is 0 Å². The second-order valence-electron chi connectivity index (χ2n) is 9.02. The van der Waals surface area contributed by atoms with Gasteiger partial charge in [0.15, 0.2) is 0 Å². The van der Waals surface area contributed by atoms with Crippen molar-refractivity contribution in [3.63, 3.8) is 0 Å². The molecule has 4 atom stereocenters. The van der Waals surface area contributed by atoms with Gasteiger partial charge in [-0.05, 0) is 61.8 Å². The Morgan fingerprint density at radius 2 is 1.84 bits per heavy atom. The van der Waals surface area contributed by atoms with Gasteiger partial charge in [0, 0.05) is 0 Å². The molecular formula is C21H28N2O2. The summed E-state index contributed by atoms with van der Waals surface area (Å²) >= 11 is 0. The Morgan fingerprint density at radius 1 is 1.16 bits per heavy atom. The lowest BCUT2D eigenvalue weighted by molar-refractivity contribution is -0.171. The molecule has 134 valence electrons. The van der Waals surface area contributed by atoms with Crippen LogP contribution in [-0.2, 0) is 5.54 Å². The first kappa shape index (κ1) is 15.7. The molecule has 4 saturated carbocycles. The first-order chi connectivity index (χ1) is 12.0. The average Bonchev–Trinajstić information content (AvgIpc) is 2.92. The van der Waals surface area contributed by atoms with Crippen LogP contribution in [0, 0.1) is 17.8 Å². The van der Waals surface area contributed by atoms with Gasteiger partial charge in [-0.3, -0.25) is 0 Å². The number of hydrogen-bond acceptors (Lipinski definition) is 2. The number of benzene rings is 1. The Labute approximate surface area is 149 Å². The Balaban J connectivity index is 1.48. The van der Waals surface area contributed by atoms with E-state index in [1.165, 1.54) is 24.8 Å². The van der Waals surface area contributed by atoms with Crippen LogP contribution in [0.15, 0.2) is 30.3 Å². The van der Waals surface area contributed by atoms with Crippen LogP contribution in [0.2, 0.25) is 0 Å². The van der Waals surface area contributed by atoms with Crippen molar-refractivity contribution in [2.75, 3.05) is 6.54 Å². The number of carbonyl (C=O) groups excluding carboxylic acids is 1. The predicted molar refractivity (Wildman–Crippen MR) is 95.9 cm³/mol. The normalized spacial score (nSPS) is 45.0. The van der Waals surface area contributed by atoms with Crippen LogP contribution in [0.4, 0.5) is 4.79 Å². The molecule has 1 aromatic rings. The number of urea groups is 1. The van der Waals surface area contributed by atoms with Crippen LogP contribution in [0.1, 0.15) is 51.0 Å².